The molecule has 164 valence electrons. The van der Waals surface area contributed by atoms with Crippen LogP contribution in [0.3, 0.4) is 0 Å². The first-order chi connectivity index (χ1) is 14.9. The first kappa shape index (κ1) is 22.8. The standard InChI is InChI=1S/C24H25IO5S/c1-13-2-3-15(24-23(29)22(28)21(27)19(12-26)30-24)10-16(13)11-18-8-9-20(31-18)14-4-6-17(25)7-5-14/h2-10,19,21-24,26-29H,11-12H2,1H3. The van der Waals surface area contributed by atoms with Gasteiger partial charge in [-0.2, -0.15) is 0 Å². The van der Waals surface area contributed by atoms with Crippen LogP contribution in [-0.2, 0) is 11.2 Å². The van der Waals surface area contributed by atoms with E-state index in [1.807, 2.05) is 25.1 Å². The molecule has 4 rings (SSSR count). The van der Waals surface area contributed by atoms with Crippen molar-refractivity contribution in [3.8, 4) is 10.4 Å². The third-order valence-electron chi connectivity index (χ3n) is 5.75. The van der Waals surface area contributed by atoms with Crippen LogP contribution in [0.2, 0.25) is 0 Å². The third kappa shape index (κ3) is 4.88. The quantitative estimate of drug-likeness (QED) is 0.365. The van der Waals surface area contributed by atoms with Crippen LogP contribution in [0, 0.1) is 10.5 Å². The van der Waals surface area contributed by atoms with Gasteiger partial charge in [-0.3, -0.25) is 0 Å². The van der Waals surface area contributed by atoms with E-state index >= 15 is 0 Å². The molecule has 0 amide bonds. The van der Waals surface area contributed by atoms with Crippen molar-refractivity contribution in [2.24, 2.45) is 0 Å². The Balaban J connectivity index is 1.57. The maximum Gasteiger partial charge on any atom is 0.113 e. The van der Waals surface area contributed by atoms with E-state index in [-0.39, 0.29) is 0 Å². The molecule has 0 radical (unpaired) electrons. The van der Waals surface area contributed by atoms with Crippen molar-refractivity contribution >= 4 is 33.9 Å². The smallest absolute Gasteiger partial charge is 0.113 e. The van der Waals surface area contributed by atoms with Gasteiger partial charge in [-0.25, -0.2) is 0 Å². The van der Waals surface area contributed by atoms with Crippen LogP contribution in [0.25, 0.3) is 10.4 Å². The lowest BCUT2D eigenvalue weighted by molar-refractivity contribution is -0.231. The molecule has 1 aliphatic heterocycles. The van der Waals surface area contributed by atoms with E-state index in [1.54, 1.807) is 11.3 Å². The van der Waals surface area contributed by atoms with Gasteiger partial charge in [0.2, 0.25) is 0 Å². The summed E-state index contributed by atoms with van der Waals surface area (Å²) in [5, 5.41) is 40.1. The molecule has 1 fully saturated rings. The Hall–Kier alpha value is -1.33. The highest BCUT2D eigenvalue weighted by molar-refractivity contribution is 14.1. The second kappa shape index (κ2) is 9.66. The molecule has 3 aromatic rings. The fraction of sp³-hybridized carbons (Fsp3) is 0.333. The molecule has 0 spiro atoms. The van der Waals surface area contributed by atoms with Gasteiger partial charge in [0.15, 0.2) is 0 Å². The maximum absolute atomic E-state index is 10.5. The molecule has 1 aromatic heterocycles. The van der Waals surface area contributed by atoms with Gasteiger partial charge in [-0.15, -0.1) is 11.3 Å². The normalized spacial score (nSPS) is 26.2. The first-order valence-electron chi connectivity index (χ1n) is 10.1. The van der Waals surface area contributed by atoms with Gasteiger partial charge in [0.1, 0.15) is 30.5 Å². The van der Waals surface area contributed by atoms with Crippen molar-refractivity contribution in [1.82, 2.24) is 0 Å². The molecule has 7 heteroatoms. The van der Waals surface area contributed by atoms with Crippen molar-refractivity contribution in [3.63, 3.8) is 0 Å². The topological polar surface area (TPSA) is 90.2 Å². The van der Waals surface area contributed by atoms with Crippen LogP contribution in [-0.4, -0.2) is 51.4 Å². The summed E-state index contributed by atoms with van der Waals surface area (Å²) in [4.78, 5) is 2.44. The molecular weight excluding hydrogens is 527 g/mol. The van der Waals surface area contributed by atoms with Gasteiger partial charge in [0.05, 0.1) is 6.61 Å². The minimum atomic E-state index is -1.38. The van der Waals surface area contributed by atoms with Crippen molar-refractivity contribution in [2.45, 2.75) is 43.9 Å². The number of halogens is 1. The molecule has 0 bridgehead atoms. The van der Waals surface area contributed by atoms with Crippen LogP contribution >= 0.6 is 33.9 Å². The summed E-state index contributed by atoms with van der Waals surface area (Å²) < 4.78 is 6.93. The number of aliphatic hydroxyl groups is 4. The molecule has 5 nitrogen and oxygen atoms in total. The summed E-state index contributed by atoms with van der Waals surface area (Å²) in [6.45, 7) is 1.61. The molecule has 0 aliphatic carbocycles. The fourth-order valence-electron chi connectivity index (χ4n) is 3.87. The van der Waals surface area contributed by atoms with E-state index in [1.165, 1.54) is 18.9 Å². The van der Waals surface area contributed by atoms with Crippen molar-refractivity contribution in [2.75, 3.05) is 6.61 Å². The number of thiophene rings is 1. The van der Waals surface area contributed by atoms with Crippen molar-refractivity contribution < 1.29 is 25.2 Å². The molecule has 5 unspecified atom stereocenters. The summed E-state index contributed by atoms with van der Waals surface area (Å²) in [5.41, 5.74) is 4.14. The lowest BCUT2D eigenvalue weighted by Crippen LogP contribution is -2.55. The molecule has 4 N–H and O–H groups in total. The number of benzene rings is 2. The molecule has 2 heterocycles. The zero-order valence-electron chi connectivity index (χ0n) is 17.0. The summed E-state index contributed by atoms with van der Waals surface area (Å²) in [6.07, 6.45) is -5.00. The molecule has 2 aromatic carbocycles. The van der Waals surface area contributed by atoms with Gasteiger partial charge in [0, 0.05) is 19.7 Å². The largest absolute Gasteiger partial charge is 0.394 e. The highest BCUT2D eigenvalue weighted by atomic mass is 127. The molecular formula is C24H25IO5S. The predicted molar refractivity (Wildman–Crippen MR) is 129 cm³/mol. The van der Waals surface area contributed by atoms with Crippen LogP contribution in [0.1, 0.15) is 27.7 Å². The van der Waals surface area contributed by atoms with Gasteiger partial charge in [0.25, 0.3) is 0 Å². The van der Waals surface area contributed by atoms with E-state index < -0.39 is 37.1 Å². The van der Waals surface area contributed by atoms with Gasteiger partial charge < -0.3 is 25.2 Å². The average Bonchev–Trinajstić information content (AvgIpc) is 3.23. The van der Waals surface area contributed by atoms with Crippen LogP contribution < -0.4 is 0 Å². The Morgan fingerprint density at radius 2 is 1.68 bits per heavy atom. The monoisotopic (exact) mass is 552 g/mol. The van der Waals surface area contributed by atoms with Crippen LogP contribution in [0.15, 0.2) is 54.6 Å². The van der Waals surface area contributed by atoms with Gasteiger partial charge >= 0.3 is 0 Å². The van der Waals surface area contributed by atoms with Gasteiger partial charge in [-0.05, 0) is 76.0 Å². The number of ether oxygens (including phenoxy) is 1. The van der Waals surface area contributed by atoms with E-state index in [4.69, 9.17) is 4.74 Å². The number of rotatable bonds is 5. The number of hydrogen-bond donors (Lipinski definition) is 4. The van der Waals surface area contributed by atoms with E-state index in [0.29, 0.717) is 5.56 Å². The molecule has 0 saturated carbocycles. The van der Waals surface area contributed by atoms with Crippen LogP contribution in [0.5, 0.6) is 0 Å². The number of aryl methyl sites for hydroxylation is 1. The van der Waals surface area contributed by atoms with Crippen molar-refractivity contribution in [1.29, 1.82) is 0 Å². The Labute approximate surface area is 199 Å². The number of aliphatic hydroxyl groups excluding tert-OH is 4. The minimum absolute atomic E-state index is 0.434. The third-order valence-corrected chi connectivity index (χ3v) is 7.60. The highest BCUT2D eigenvalue weighted by Crippen LogP contribution is 2.35. The SMILES string of the molecule is Cc1ccc(C2OC(CO)C(O)C(O)C2O)cc1Cc1ccc(-c2ccc(I)cc2)s1. The molecule has 1 saturated heterocycles. The lowest BCUT2D eigenvalue weighted by atomic mass is 9.89. The summed E-state index contributed by atoms with van der Waals surface area (Å²) in [6, 6.07) is 18.5. The Morgan fingerprint density at radius 3 is 2.39 bits per heavy atom. The Kier molecular flexibility index (Phi) is 7.12. The molecule has 1 aliphatic rings. The lowest BCUT2D eigenvalue weighted by Gasteiger charge is -2.40. The predicted octanol–water partition coefficient (Wildman–Crippen LogP) is 3.43. The summed E-state index contributed by atoms with van der Waals surface area (Å²) >= 11 is 4.05. The summed E-state index contributed by atoms with van der Waals surface area (Å²) in [7, 11) is 0. The van der Waals surface area contributed by atoms with Gasteiger partial charge in [-0.1, -0.05) is 30.3 Å². The highest BCUT2D eigenvalue weighted by Gasteiger charge is 2.43. The van der Waals surface area contributed by atoms with E-state index in [2.05, 4.69) is 59.0 Å². The molecule has 31 heavy (non-hydrogen) atoms. The zero-order valence-corrected chi connectivity index (χ0v) is 20.0. The molecule has 5 atom stereocenters. The Bertz CT molecular complexity index is 1030. The average molecular weight is 552 g/mol. The summed E-state index contributed by atoms with van der Waals surface area (Å²) in [5.74, 6) is 0. The second-order valence-electron chi connectivity index (χ2n) is 7.89. The first-order valence-corrected chi connectivity index (χ1v) is 12.0. The van der Waals surface area contributed by atoms with Crippen molar-refractivity contribution in [3.05, 3.63) is 79.7 Å². The second-order valence-corrected chi connectivity index (χ2v) is 10.3. The zero-order chi connectivity index (χ0) is 22.1. The van der Waals surface area contributed by atoms with E-state index in [0.717, 1.165) is 17.5 Å². The van der Waals surface area contributed by atoms with E-state index in [9.17, 15) is 20.4 Å². The Morgan fingerprint density at radius 1 is 0.935 bits per heavy atom. The van der Waals surface area contributed by atoms with Crippen LogP contribution in [0.4, 0.5) is 0 Å². The minimum Gasteiger partial charge on any atom is -0.394 e. The fourth-order valence-corrected chi connectivity index (χ4v) is 5.26. The number of hydrogen-bond acceptors (Lipinski definition) is 6. The maximum atomic E-state index is 10.5.